The van der Waals surface area contributed by atoms with Gasteiger partial charge in [0.05, 0.1) is 11.2 Å². The maximum Gasteiger partial charge on any atom is 0.601 e. The summed E-state index contributed by atoms with van der Waals surface area (Å²) in [6, 6.07) is 16.4. The average molecular weight is 549 g/mol. The van der Waals surface area contributed by atoms with Crippen LogP contribution in [-0.4, -0.2) is 59.5 Å². The lowest BCUT2D eigenvalue weighted by atomic mass is 9.90. The number of benzene rings is 2. The number of carbonyl (C=O) groups is 3. The van der Waals surface area contributed by atoms with E-state index in [1.54, 1.807) is 49.9 Å². The van der Waals surface area contributed by atoms with E-state index in [4.69, 9.17) is 14.0 Å². The van der Waals surface area contributed by atoms with Gasteiger partial charge in [-0.25, -0.2) is 4.79 Å². The number of rotatable bonds is 6. The van der Waals surface area contributed by atoms with E-state index < -0.39 is 42.2 Å². The molecule has 0 bridgehead atoms. The van der Waals surface area contributed by atoms with E-state index in [0.717, 1.165) is 0 Å². The minimum Gasteiger partial charge on any atom is -0.444 e. The maximum absolute atomic E-state index is 14.3. The molecule has 0 aliphatic carbocycles. The molecule has 2 atom stereocenters. The molecule has 4 rings (SSSR count). The maximum atomic E-state index is 14.3. The van der Waals surface area contributed by atoms with Crippen molar-refractivity contribution >= 4 is 30.8 Å². The van der Waals surface area contributed by atoms with Crippen LogP contribution in [0.2, 0.25) is 0 Å². The first kappa shape index (κ1) is 29.6. The van der Waals surface area contributed by atoms with Gasteiger partial charge in [0.2, 0.25) is 5.91 Å². The first-order valence-electron chi connectivity index (χ1n) is 13.8. The Morgan fingerprint density at radius 2 is 1.52 bits per heavy atom. The van der Waals surface area contributed by atoms with Gasteiger partial charge in [0.15, 0.2) is 0 Å². The van der Waals surface area contributed by atoms with Crippen molar-refractivity contribution in [2.75, 3.05) is 11.4 Å². The van der Waals surface area contributed by atoms with Crippen molar-refractivity contribution in [3.8, 4) is 0 Å². The van der Waals surface area contributed by atoms with Gasteiger partial charge in [0.1, 0.15) is 17.7 Å². The monoisotopic (exact) mass is 549 g/mol. The number of alkyl carbamates (subject to hydrolysis) is 1. The fraction of sp³-hybridized carbons (Fsp3) is 0.500. The predicted octanol–water partition coefficient (Wildman–Crippen LogP) is 4.87. The Morgan fingerprint density at radius 3 is 2.08 bits per heavy atom. The van der Waals surface area contributed by atoms with Crippen LogP contribution in [0, 0.1) is 0 Å². The number of nitrogens with one attached hydrogen (secondary N) is 1. The summed E-state index contributed by atoms with van der Waals surface area (Å²) in [5.74, 6) is -0.686. The van der Waals surface area contributed by atoms with Crippen molar-refractivity contribution in [2.45, 2.75) is 90.2 Å². The standard InChI is InChI=1S/C30H40BN3O6/c1-28(2,3)38-27(37)32-24(21-15-10-8-11-16-21)26(36)33-20-14-19-23(33)25(35)34(22-17-12-9-13-18-22)31-39-29(4,5)30(6,7)40-31/h8-13,15-18,23-24H,14,19-20H2,1-7H3,(H,32,37). The normalized spacial score (nSPS) is 20.6. The fourth-order valence-corrected chi connectivity index (χ4v) is 4.83. The summed E-state index contributed by atoms with van der Waals surface area (Å²) in [4.78, 5) is 44.2. The number of amides is 3. The molecule has 2 unspecified atom stereocenters. The van der Waals surface area contributed by atoms with Gasteiger partial charge < -0.3 is 29.1 Å². The molecule has 10 heteroatoms. The van der Waals surface area contributed by atoms with Crippen LogP contribution in [-0.2, 0) is 23.6 Å². The summed E-state index contributed by atoms with van der Waals surface area (Å²) in [6.07, 6.45) is 0.406. The van der Waals surface area contributed by atoms with Crippen molar-refractivity contribution in [1.29, 1.82) is 0 Å². The number of anilines is 1. The zero-order chi connectivity index (χ0) is 29.3. The molecular formula is C30H40BN3O6. The van der Waals surface area contributed by atoms with Crippen LogP contribution in [0.25, 0.3) is 0 Å². The van der Waals surface area contributed by atoms with Gasteiger partial charge in [0, 0.05) is 12.2 Å². The van der Waals surface area contributed by atoms with Gasteiger partial charge in [-0.15, -0.1) is 0 Å². The lowest BCUT2D eigenvalue weighted by Gasteiger charge is -2.33. The number of nitrogens with zero attached hydrogens (tertiary/aromatic N) is 2. The lowest BCUT2D eigenvalue weighted by molar-refractivity contribution is -0.139. The molecule has 214 valence electrons. The van der Waals surface area contributed by atoms with Gasteiger partial charge in [-0.2, -0.15) is 0 Å². The molecule has 2 aromatic rings. The van der Waals surface area contributed by atoms with Crippen LogP contribution < -0.4 is 10.1 Å². The molecule has 0 aromatic heterocycles. The smallest absolute Gasteiger partial charge is 0.444 e. The van der Waals surface area contributed by atoms with E-state index in [1.807, 2.05) is 64.1 Å². The number of ether oxygens (including phenoxy) is 1. The van der Waals surface area contributed by atoms with Gasteiger partial charge in [-0.3, -0.25) is 9.59 Å². The van der Waals surface area contributed by atoms with E-state index in [2.05, 4.69) is 5.32 Å². The van der Waals surface area contributed by atoms with Crippen LogP contribution in [0.1, 0.15) is 72.9 Å². The third-order valence-electron chi connectivity index (χ3n) is 7.59. The Labute approximate surface area is 237 Å². The van der Waals surface area contributed by atoms with Crippen LogP contribution in [0.3, 0.4) is 0 Å². The van der Waals surface area contributed by atoms with Crippen LogP contribution in [0.4, 0.5) is 10.5 Å². The van der Waals surface area contributed by atoms with Gasteiger partial charge in [-0.05, 0) is 79.0 Å². The Hall–Kier alpha value is -3.37. The Bertz CT molecular complexity index is 1200. The number of likely N-dealkylation sites (tertiary alicyclic amines) is 1. The van der Waals surface area contributed by atoms with E-state index in [0.29, 0.717) is 30.6 Å². The van der Waals surface area contributed by atoms with Crippen molar-refractivity contribution in [3.63, 3.8) is 0 Å². The molecule has 2 aliphatic rings. The van der Waals surface area contributed by atoms with E-state index in [9.17, 15) is 14.4 Å². The highest BCUT2D eigenvalue weighted by molar-refractivity contribution is 6.57. The second kappa shape index (κ2) is 11.3. The molecule has 3 amide bonds. The quantitative estimate of drug-likeness (QED) is 0.517. The Balaban J connectivity index is 1.64. The van der Waals surface area contributed by atoms with E-state index in [1.165, 1.54) is 4.81 Å². The second-order valence-corrected chi connectivity index (χ2v) is 12.3. The summed E-state index contributed by atoms with van der Waals surface area (Å²) < 4.78 is 18.0. The molecule has 0 radical (unpaired) electrons. The molecule has 2 saturated heterocycles. The summed E-state index contributed by atoms with van der Waals surface area (Å²) >= 11 is 0. The van der Waals surface area contributed by atoms with Gasteiger partial charge in [-0.1, -0.05) is 48.5 Å². The molecule has 0 spiro atoms. The zero-order valence-electron chi connectivity index (χ0n) is 24.5. The van der Waals surface area contributed by atoms with Crippen LogP contribution >= 0.6 is 0 Å². The number of hydrogen-bond donors (Lipinski definition) is 1. The van der Waals surface area contributed by atoms with Crippen molar-refractivity contribution in [3.05, 3.63) is 66.2 Å². The molecule has 2 heterocycles. The Kier molecular flexibility index (Phi) is 8.33. The van der Waals surface area contributed by atoms with Crippen LogP contribution in [0.5, 0.6) is 0 Å². The molecular weight excluding hydrogens is 509 g/mol. The van der Waals surface area contributed by atoms with Crippen molar-refractivity contribution in [1.82, 2.24) is 10.2 Å². The first-order valence-corrected chi connectivity index (χ1v) is 13.8. The summed E-state index contributed by atoms with van der Waals surface area (Å²) in [6.45, 7) is 13.4. The molecule has 1 N–H and O–H groups in total. The predicted molar refractivity (Wildman–Crippen MR) is 153 cm³/mol. The van der Waals surface area contributed by atoms with Crippen LogP contribution in [0.15, 0.2) is 60.7 Å². The third kappa shape index (κ3) is 6.34. The molecule has 2 aromatic carbocycles. The first-order chi connectivity index (χ1) is 18.7. The highest BCUT2D eigenvalue weighted by Gasteiger charge is 2.57. The minimum atomic E-state index is -1.02. The van der Waals surface area contributed by atoms with E-state index >= 15 is 0 Å². The second-order valence-electron chi connectivity index (χ2n) is 12.3. The van der Waals surface area contributed by atoms with Crippen molar-refractivity contribution in [2.24, 2.45) is 0 Å². The summed E-state index contributed by atoms with van der Waals surface area (Å²) in [5, 5.41) is 2.74. The van der Waals surface area contributed by atoms with Gasteiger partial charge >= 0.3 is 13.3 Å². The largest absolute Gasteiger partial charge is 0.601 e. The molecule has 0 saturated carbocycles. The SMILES string of the molecule is CC(C)(C)OC(=O)NC(C(=O)N1CCCC1C(=O)N(B1OC(C)(C)C(C)(C)O1)c1ccccc1)c1ccccc1. The highest BCUT2D eigenvalue weighted by atomic mass is 16.7. The molecule has 40 heavy (non-hydrogen) atoms. The number of hydrogen-bond acceptors (Lipinski definition) is 6. The minimum absolute atomic E-state index is 0.306. The average Bonchev–Trinajstić information content (AvgIpc) is 3.44. The summed E-state index contributed by atoms with van der Waals surface area (Å²) in [7, 11) is -0.970. The summed E-state index contributed by atoms with van der Waals surface area (Å²) in [5.41, 5.74) is -0.851. The fourth-order valence-electron chi connectivity index (χ4n) is 4.83. The number of carbonyl (C=O) groups excluding carboxylic acids is 3. The molecule has 2 aliphatic heterocycles. The van der Waals surface area contributed by atoms with Crippen molar-refractivity contribution < 1.29 is 28.4 Å². The Morgan fingerprint density at radius 1 is 0.975 bits per heavy atom. The molecule has 9 nitrogen and oxygen atoms in total. The number of para-hydroxylation sites is 1. The molecule has 2 fully saturated rings. The van der Waals surface area contributed by atoms with E-state index in [-0.39, 0.29) is 11.8 Å². The highest BCUT2D eigenvalue weighted by Crippen LogP contribution is 2.39. The lowest BCUT2D eigenvalue weighted by Crippen LogP contribution is -2.56. The van der Waals surface area contributed by atoms with Gasteiger partial charge in [0.25, 0.3) is 5.91 Å². The topological polar surface area (TPSA) is 97.4 Å². The zero-order valence-corrected chi connectivity index (χ0v) is 24.5. The third-order valence-corrected chi connectivity index (χ3v) is 7.59.